The van der Waals surface area contributed by atoms with E-state index in [1.165, 1.54) is 25.7 Å². The maximum Gasteiger partial charge on any atom is 0.252 e. The molecule has 1 aromatic rings. The first-order valence-corrected chi connectivity index (χ1v) is 7.86. The SMILES string of the molecule is NCC(C(=O)NCc1ccc[nH]c1=O)C1CCCCCC1. The molecule has 0 saturated heterocycles. The second kappa shape index (κ2) is 7.98. The molecule has 4 N–H and O–H groups in total. The van der Waals surface area contributed by atoms with Gasteiger partial charge in [-0.1, -0.05) is 31.7 Å². The minimum absolute atomic E-state index is 0.0207. The van der Waals surface area contributed by atoms with Gasteiger partial charge in [0.05, 0.1) is 5.92 Å². The number of nitrogens with one attached hydrogen (secondary N) is 2. The molecule has 0 radical (unpaired) electrons. The Bertz CT molecular complexity index is 504. The molecule has 1 aliphatic rings. The molecule has 5 nitrogen and oxygen atoms in total. The summed E-state index contributed by atoms with van der Waals surface area (Å²) in [6.07, 6.45) is 8.65. The van der Waals surface area contributed by atoms with Crippen molar-refractivity contribution in [3.8, 4) is 0 Å². The highest BCUT2D eigenvalue weighted by atomic mass is 16.2. The molecule has 1 aliphatic carbocycles. The van der Waals surface area contributed by atoms with E-state index in [0.717, 1.165) is 12.8 Å². The van der Waals surface area contributed by atoms with E-state index in [9.17, 15) is 9.59 Å². The molecule has 1 fully saturated rings. The molecular formula is C16H25N3O2. The van der Waals surface area contributed by atoms with Crippen LogP contribution in [-0.2, 0) is 11.3 Å². The molecule has 1 heterocycles. The first-order chi connectivity index (χ1) is 10.2. The van der Waals surface area contributed by atoms with Crippen molar-refractivity contribution in [3.63, 3.8) is 0 Å². The molecule has 1 unspecified atom stereocenters. The summed E-state index contributed by atoms with van der Waals surface area (Å²) >= 11 is 0. The molecule has 0 aromatic carbocycles. The lowest BCUT2D eigenvalue weighted by Gasteiger charge is -2.24. The monoisotopic (exact) mass is 291 g/mol. The zero-order valence-corrected chi connectivity index (χ0v) is 12.4. The van der Waals surface area contributed by atoms with Gasteiger partial charge in [-0.3, -0.25) is 9.59 Å². The van der Waals surface area contributed by atoms with Gasteiger partial charge in [-0.05, 0) is 24.8 Å². The molecule has 1 atom stereocenters. The number of carbonyl (C=O) groups is 1. The van der Waals surface area contributed by atoms with E-state index in [4.69, 9.17) is 5.73 Å². The zero-order valence-electron chi connectivity index (χ0n) is 12.4. The third-order valence-electron chi connectivity index (χ3n) is 4.41. The highest BCUT2D eigenvalue weighted by Gasteiger charge is 2.27. The van der Waals surface area contributed by atoms with Crippen LogP contribution in [0.25, 0.3) is 0 Å². The fourth-order valence-electron chi connectivity index (χ4n) is 3.14. The van der Waals surface area contributed by atoms with Crippen LogP contribution in [-0.4, -0.2) is 17.4 Å². The summed E-state index contributed by atoms with van der Waals surface area (Å²) in [6, 6.07) is 3.48. The molecule has 1 saturated carbocycles. The lowest BCUT2D eigenvalue weighted by atomic mass is 9.85. The fraction of sp³-hybridized carbons (Fsp3) is 0.625. The first-order valence-electron chi connectivity index (χ1n) is 7.86. The van der Waals surface area contributed by atoms with Gasteiger partial charge in [-0.2, -0.15) is 0 Å². The second-order valence-corrected chi connectivity index (χ2v) is 5.84. The minimum Gasteiger partial charge on any atom is -0.352 e. The fourth-order valence-corrected chi connectivity index (χ4v) is 3.14. The van der Waals surface area contributed by atoms with Crippen LogP contribution in [0.5, 0.6) is 0 Å². The maximum absolute atomic E-state index is 12.4. The summed E-state index contributed by atoms with van der Waals surface area (Å²) in [7, 11) is 0. The molecule has 0 spiro atoms. The van der Waals surface area contributed by atoms with Crippen LogP contribution < -0.4 is 16.6 Å². The van der Waals surface area contributed by atoms with Gasteiger partial charge in [-0.25, -0.2) is 0 Å². The Morgan fingerprint density at radius 3 is 2.67 bits per heavy atom. The van der Waals surface area contributed by atoms with Gasteiger partial charge in [0.2, 0.25) is 5.91 Å². The lowest BCUT2D eigenvalue weighted by molar-refractivity contribution is -0.126. The summed E-state index contributed by atoms with van der Waals surface area (Å²) in [5, 5.41) is 2.87. The summed E-state index contributed by atoms with van der Waals surface area (Å²) in [6.45, 7) is 0.639. The summed E-state index contributed by atoms with van der Waals surface area (Å²) in [4.78, 5) is 26.6. The van der Waals surface area contributed by atoms with E-state index in [0.29, 0.717) is 18.0 Å². The van der Waals surface area contributed by atoms with Gasteiger partial charge in [0.1, 0.15) is 0 Å². The molecular weight excluding hydrogens is 266 g/mol. The van der Waals surface area contributed by atoms with Crippen molar-refractivity contribution in [1.82, 2.24) is 10.3 Å². The minimum atomic E-state index is -0.156. The van der Waals surface area contributed by atoms with Gasteiger partial charge >= 0.3 is 0 Å². The predicted molar refractivity (Wildman–Crippen MR) is 82.6 cm³/mol. The Balaban J connectivity index is 1.93. The Labute approximate surface area is 125 Å². The van der Waals surface area contributed by atoms with Crippen molar-refractivity contribution in [1.29, 1.82) is 0 Å². The van der Waals surface area contributed by atoms with Crippen molar-refractivity contribution < 1.29 is 4.79 Å². The highest BCUT2D eigenvalue weighted by molar-refractivity contribution is 5.79. The normalized spacial score (nSPS) is 18.0. The van der Waals surface area contributed by atoms with Crippen LogP contribution in [0.2, 0.25) is 0 Å². The van der Waals surface area contributed by atoms with E-state index in [1.807, 2.05) is 0 Å². The molecule has 5 heteroatoms. The Morgan fingerprint density at radius 1 is 1.33 bits per heavy atom. The van der Waals surface area contributed by atoms with Crippen LogP contribution in [0, 0.1) is 11.8 Å². The number of aromatic nitrogens is 1. The molecule has 21 heavy (non-hydrogen) atoms. The van der Waals surface area contributed by atoms with Crippen LogP contribution in [0.15, 0.2) is 23.1 Å². The smallest absolute Gasteiger partial charge is 0.252 e. The van der Waals surface area contributed by atoms with E-state index >= 15 is 0 Å². The zero-order chi connectivity index (χ0) is 15.1. The predicted octanol–water partition coefficient (Wildman–Crippen LogP) is 1.54. The van der Waals surface area contributed by atoms with Crippen LogP contribution in [0.1, 0.15) is 44.1 Å². The van der Waals surface area contributed by atoms with Crippen molar-refractivity contribution in [2.45, 2.75) is 45.1 Å². The van der Waals surface area contributed by atoms with Crippen LogP contribution >= 0.6 is 0 Å². The van der Waals surface area contributed by atoms with Gasteiger partial charge < -0.3 is 16.0 Å². The number of pyridine rings is 1. The van der Waals surface area contributed by atoms with Crippen LogP contribution in [0.4, 0.5) is 0 Å². The van der Waals surface area contributed by atoms with Crippen molar-refractivity contribution >= 4 is 5.91 Å². The van der Waals surface area contributed by atoms with E-state index in [1.54, 1.807) is 18.3 Å². The van der Waals surface area contributed by atoms with E-state index < -0.39 is 0 Å². The number of hydrogen-bond acceptors (Lipinski definition) is 3. The van der Waals surface area contributed by atoms with Gasteiger partial charge in [-0.15, -0.1) is 0 Å². The van der Waals surface area contributed by atoms with Crippen LogP contribution in [0.3, 0.4) is 0 Å². The average Bonchev–Trinajstić information content (AvgIpc) is 2.76. The topological polar surface area (TPSA) is 88.0 Å². The molecule has 116 valence electrons. The molecule has 1 amide bonds. The third-order valence-corrected chi connectivity index (χ3v) is 4.41. The van der Waals surface area contributed by atoms with E-state index in [-0.39, 0.29) is 23.9 Å². The van der Waals surface area contributed by atoms with E-state index in [2.05, 4.69) is 10.3 Å². The van der Waals surface area contributed by atoms with Gasteiger partial charge in [0.15, 0.2) is 0 Å². The number of hydrogen-bond donors (Lipinski definition) is 3. The number of nitrogens with two attached hydrogens (primary N) is 1. The number of amides is 1. The standard InChI is InChI=1S/C16H25N3O2/c17-10-14(12-6-3-1-2-4-7-12)16(21)19-11-13-8-5-9-18-15(13)20/h5,8-9,12,14H,1-4,6-7,10-11,17H2,(H,18,20)(H,19,21). The number of rotatable bonds is 5. The maximum atomic E-state index is 12.4. The second-order valence-electron chi connectivity index (χ2n) is 5.84. The quantitative estimate of drug-likeness (QED) is 0.719. The number of carbonyl (C=O) groups excluding carboxylic acids is 1. The largest absolute Gasteiger partial charge is 0.352 e. The molecule has 0 aliphatic heterocycles. The van der Waals surface area contributed by atoms with Gasteiger partial charge in [0.25, 0.3) is 5.56 Å². The highest BCUT2D eigenvalue weighted by Crippen LogP contribution is 2.28. The summed E-state index contributed by atoms with van der Waals surface area (Å²) in [5.41, 5.74) is 6.24. The molecule has 0 bridgehead atoms. The first kappa shape index (κ1) is 15.8. The summed E-state index contributed by atoms with van der Waals surface area (Å²) in [5.74, 6) is 0.227. The molecule has 1 aromatic heterocycles. The Kier molecular flexibility index (Phi) is 5.99. The van der Waals surface area contributed by atoms with Crippen molar-refractivity contribution in [3.05, 3.63) is 34.2 Å². The Hall–Kier alpha value is -1.62. The average molecular weight is 291 g/mol. The number of H-pyrrole nitrogens is 1. The number of aromatic amines is 1. The summed E-state index contributed by atoms with van der Waals surface area (Å²) < 4.78 is 0. The van der Waals surface area contributed by atoms with Crippen molar-refractivity contribution in [2.75, 3.05) is 6.54 Å². The van der Waals surface area contributed by atoms with Gasteiger partial charge in [0, 0.05) is 24.8 Å². The lowest BCUT2D eigenvalue weighted by Crippen LogP contribution is -2.39. The van der Waals surface area contributed by atoms with Crippen molar-refractivity contribution in [2.24, 2.45) is 17.6 Å². The Morgan fingerprint density at radius 2 is 2.05 bits per heavy atom. The molecule has 2 rings (SSSR count). The third kappa shape index (κ3) is 4.43.